The fourth-order valence-electron chi connectivity index (χ4n) is 2.82. The molecular weight excluding hydrogens is 374 g/mol. The normalized spacial score (nSPS) is 10.8. The van der Waals surface area contributed by atoms with Crippen LogP contribution in [0.1, 0.15) is 11.1 Å². The molecule has 6 heteroatoms. The highest BCUT2D eigenvalue weighted by molar-refractivity contribution is 8.00. The minimum Gasteiger partial charge on any atom is -0.300 e. The first kappa shape index (κ1) is 17.7. The molecule has 4 nitrogen and oxygen atoms in total. The predicted molar refractivity (Wildman–Crippen MR) is 112 cm³/mol. The van der Waals surface area contributed by atoms with Crippen molar-refractivity contribution in [1.29, 1.82) is 0 Å². The van der Waals surface area contributed by atoms with Crippen molar-refractivity contribution in [3.05, 3.63) is 83.9 Å². The summed E-state index contributed by atoms with van der Waals surface area (Å²) in [4.78, 5) is 12.4. The first-order valence-corrected chi connectivity index (χ1v) is 10.3. The van der Waals surface area contributed by atoms with Gasteiger partial charge >= 0.3 is 0 Å². The van der Waals surface area contributed by atoms with Crippen LogP contribution in [0.25, 0.3) is 10.8 Å². The highest BCUT2D eigenvalue weighted by Crippen LogP contribution is 2.28. The molecule has 0 radical (unpaired) electrons. The molecule has 1 aromatic heterocycles. The monoisotopic (exact) mass is 391 g/mol. The molecule has 27 heavy (non-hydrogen) atoms. The Balaban J connectivity index is 1.38. The maximum atomic E-state index is 12.4. The zero-order chi connectivity index (χ0) is 18.5. The third-order valence-electron chi connectivity index (χ3n) is 4.09. The molecule has 1 amide bonds. The molecule has 3 aromatic carbocycles. The van der Waals surface area contributed by atoms with E-state index in [4.69, 9.17) is 0 Å². The van der Waals surface area contributed by atoms with Crippen LogP contribution in [-0.2, 0) is 17.0 Å². The van der Waals surface area contributed by atoms with Crippen LogP contribution < -0.4 is 5.32 Å². The van der Waals surface area contributed by atoms with Gasteiger partial charge in [0.2, 0.25) is 11.0 Å². The smallest absolute Gasteiger partial charge is 0.230 e. The quantitative estimate of drug-likeness (QED) is 0.364. The Morgan fingerprint density at radius 3 is 2.59 bits per heavy atom. The minimum atomic E-state index is -0.0814. The number of nitrogens with zero attached hydrogens (tertiary/aromatic N) is 2. The van der Waals surface area contributed by atoms with Gasteiger partial charge in [0.25, 0.3) is 0 Å². The Morgan fingerprint density at radius 2 is 1.70 bits per heavy atom. The summed E-state index contributed by atoms with van der Waals surface area (Å²) in [5.74, 6) is 0.751. The number of aromatic nitrogens is 2. The topological polar surface area (TPSA) is 54.9 Å². The maximum absolute atomic E-state index is 12.4. The summed E-state index contributed by atoms with van der Waals surface area (Å²) < 4.78 is 0.847. The lowest BCUT2D eigenvalue weighted by atomic mass is 10.0. The van der Waals surface area contributed by atoms with Gasteiger partial charge in [-0.2, -0.15) is 0 Å². The molecule has 4 aromatic rings. The number of fused-ring (bicyclic) bond motifs is 1. The maximum Gasteiger partial charge on any atom is 0.230 e. The van der Waals surface area contributed by atoms with Gasteiger partial charge in [0.1, 0.15) is 0 Å². The number of amides is 1. The molecule has 1 heterocycles. The van der Waals surface area contributed by atoms with Crippen LogP contribution in [0.2, 0.25) is 0 Å². The number of carbonyl (C=O) groups excluding carboxylic acids is 1. The van der Waals surface area contributed by atoms with Gasteiger partial charge in [0.05, 0.1) is 6.42 Å². The van der Waals surface area contributed by atoms with Gasteiger partial charge in [-0.05, 0) is 21.9 Å². The Hall–Kier alpha value is -2.70. The fraction of sp³-hybridized carbons (Fsp3) is 0.0952. The van der Waals surface area contributed by atoms with Gasteiger partial charge in [-0.3, -0.25) is 4.79 Å². The molecule has 0 atom stereocenters. The van der Waals surface area contributed by atoms with Crippen molar-refractivity contribution >= 4 is 44.9 Å². The number of benzene rings is 3. The van der Waals surface area contributed by atoms with Crippen molar-refractivity contribution in [1.82, 2.24) is 10.2 Å². The molecule has 0 aliphatic rings. The molecule has 0 unspecified atom stereocenters. The summed E-state index contributed by atoms with van der Waals surface area (Å²) in [6.07, 6.45) is 0.313. The molecular formula is C21H17N3OS2. The van der Waals surface area contributed by atoms with Crippen LogP contribution in [0.3, 0.4) is 0 Å². The zero-order valence-electron chi connectivity index (χ0n) is 14.5. The number of nitrogens with one attached hydrogen (secondary N) is 1. The van der Waals surface area contributed by atoms with E-state index < -0.39 is 0 Å². The van der Waals surface area contributed by atoms with Crippen molar-refractivity contribution in [2.75, 3.05) is 5.32 Å². The lowest BCUT2D eigenvalue weighted by Crippen LogP contribution is -2.14. The largest absolute Gasteiger partial charge is 0.300 e. The van der Waals surface area contributed by atoms with Crippen LogP contribution >= 0.6 is 23.1 Å². The van der Waals surface area contributed by atoms with Gasteiger partial charge in [-0.15, -0.1) is 10.2 Å². The molecule has 0 spiro atoms. The number of rotatable bonds is 6. The highest BCUT2D eigenvalue weighted by Gasteiger charge is 2.11. The summed E-state index contributed by atoms with van der Waals surface area (Å²) in [5.41, 5.74) is 2.24. The van der Waals surface area contributed by atoms with E-state index in [9.17, 15) is 4.79 Å². The van der Waals surface area contributed by atoms with Crippen molar-refractivity contribution in [2.45, 2.75) is 16.5 Å². The van der Waals surface area contributed by atoms with Crippen LogP contribution in [0.15, 0.2) is 77.1 Å². The Bertz CT molecular complexity index is 1060. The number of carbonyl (C=O) groups is 1. The summed E-state index contributed by atoms with van der Waals surface area (Å²) in [7, 11) is 0. The lowest BCUT2D eigenvalue weighted by Gasteiger charge is -2.06. The second-order valence-corrected chi connectivity index (χ2v) is 8.21. The fourth-order valence-corrected chi connectivity index (χ4v) is 4.54. The number of hydrogen-bond donors (Lipinski definition) is 1. The average Bonchev–Trinajstić information content (AvgIpc) is 3.15. The molecule has 0 aliphatic carbocycles. The van der Waals surface area contributed by atoms with Gasteiger partial charge in [-0.25, -0.2) is 0 Å². The molecule has 0 aliphatic heterocycles. The van der Waals surface area contributed by atoms with E-state index in [-0.39, 0.29) is 5.91 Å². The molecule has 0 saturated carbocycles. The van der Waals surface area contributed by atoms with Gasteiger partial charge in [-0.1, -0.05) is 95.9 Å². The second kappa shape index (κ2) is 8.33. The first-order valence-electron chi connectivity index (χ1n) is 8.55. The van der Waals surface area contributed by atoms with Gasteiger partial charge in [0, 0.05) is 5.75 Å². The van der Waals surface area contributed by atoms with Crippen molar-refractivity contribution in [3.63, 3.8) is 0 Å². The minimum absolute atomic E-state index is 0.0814. The van der Waals surface area contributed by atoms with Crippen LogP contribution in [0.4, 0.5) is 5.13 Å². The van der Waals surface area contributed by atoms with E-state index in [0.717, 1.165) is 26.4 Å². The first-order chi connectivity index (χ1) is 13.3. The van der Waals surface area contributed by atoms with E-state index in [2.05, 4.69) is 39.8 Å². The Kier molecular flexibility index (Phi) is 5.46. The van der Waals surface area contributed by atoms with Crippen molar-refractivity contribution < 1.29 is 4.79 Å². The molecule has 0 bridgehead atoms. The van der Waals surface area contributed by atoms with E-state index in [1.807, 2.05) is 48.5 Å². The molecule has 134 valence electrons. The predicted octanol–water partition coefficient (Wildman–Crippen LogP) is 5.16. The summed E-state index contributed by atoms with van der Waals surface area (Å²) in [6, 6.07) is 24.3. The van der Waals surface area contributed by atoms with Crippen molar-refractivity contribution in [2.24, 2.45) is 0 Å². The van der Waals surface area contributed by atoms with Crippen molar-refractivity contribution in [3.8, 4) is 0 Å². The standard InChI is InChI=1S/C21H17N3OS2/c25-19(13-17-11-6-10-16-9-4-5-12-18(16)17)22-20-23-24-21(27-20)26-14-15-7-2-1-3-8-15/h1-12H,13-14H2,(H,22,23,25). The van der Waals surface area contributed by atoms with Crippen LogP contribution in [0.5, 0.6) is 0 Å². The Labute approximate surface area is 165 Å². The van der Waals surface area contributed by atoms with Gasteiger partial charge in [0.15, 0.2) is 4.34 Å². The molecule has 0 saturated heterocycles. The Morgan fingerprint density at radius 1 is 0.926 bits per heavy atom. The molecule has 4 rings (SSSR count). The van der Waals surface area contributed by atoms with E-state index in [1.165, 1.54) is 16.9 Å². The number of hydrogen-bond acceptors (Lipinski definition) is 5. The van der Waals surface area contributed by atoms with E-state index in [1.54, 1.807) is 11.8 Å². The second-order valence-electron chi connectivity index (χ2n) is 6.01. The molecule has 0 fully saturated rings. The number of anilines is 1. The summed E-state index contributed by atoms with van der Waals surface area (Å²) >= 11 is 3.02. The SMILES string of the molecule is O=C(Cc1cccc2ccccc12)Nc1nnc(SCc2ccccc2)s1. The van der Waals surface area contributed by atoms with Crippen LogP contribution in [0, 0.1) is 0 Å². The van der Waals surface area contributed by atoms with Crippen LogP contribution in [-0.4, -0.2) is 16.1 Å². The summed E-state index contributed by atoms with van der Waals surface area (Å²) in [5, 5.41) is 13.9. The average molecular weight is 392 g/mol. The number of thioether (sulfide) groups is 1. The lowest BCUT2D eigenvalue weighted by molar-refractivity contribution is -0.115. The summed E-state index contributed by atoms with van der Waals surface area (Å²) in [6.45, 7) is 0. The van der Waals surface area contributed by atoms with E-state index >= 15 is 0 Å². The third kappa shape index (κ3) is 4.53. The van der Waals surface area contributed by atoms with E-state index in [0.29, 0.717) is 11.6 Å². The zero-order valence-corrected chi connectivity index (χ0v) is 16.1. The molecule has 1 N–H and O–H groups in total. The third-order valence-corrected chi connectivity index (χ3v) is 6.13. The van der Waals surface area contributed by atoms with Gasteiger partial charge < -0.3 is 5.32 Å². The highest BCUT2D eigenvalue weighted by atomic mass is 32.2.